The van der Waals surface area contributed by atoms with Crippen molar-refractivity contribution in [3.63, 3.8) is 0 Å². The van der Waals surface area contributed by atoms with Gasteiger partial charge in [0.15, 0.2) is 0 Å². The third kappa shape index (κ3) is 2.91. The number of nitrogens with one attached hydrogen (secondary N) is 1. The van der Waals surface area contributed by atoms with E-state index < -0.39 is 11.0 Å². The second kappa shape index (κ2) is 5.69. The third-order valence-corrected chi connectivity index (χ3v) is 5.57. The molecule has 1 unspecified atom stereocenters. The van der Waals surface area contributed by atoms with E-state index in [0.717, 1.165) is 23.3 Å². The zero-order valence-electron chi connectivity index (χ0n) is 12.3. The summed E-state index contributed by atoms with van der Waals surface area (Å²) in [4.78, 5) is 13.4. The molecule has 1 saturated carbocycles. The topological polar surface area (TPSA) is 49.3 Å². The van der Waals surface area contributed by atoms with Gasteiger partial charge in [0.2, 0.25) is 5.91 Å². The van der Waals surface area contributed by atoms with Crippen molar-refractivity contribution in [3.05, 3.63) is 57.2 Å². The van der Waals surface area contributed by atoms with Gasteiger partial charge in [-0.05, 0) is 48.9 Å². The molecular weight excluding hydrogens is 318 g/mol. The van der Waals surface area contributed by atoms with E-state index >= 15 is 0 Å². The number of benzene rings is 1. The smallest absolute Gasteiger partial charge is 0.230 e. The molecule has 0 saturated heterocycles. The largest absolute Gasteiger partial charge is 0.383 e. The molecule has 0 radical (unpaired) electrons. The Balaban J connectivity index is 1.70. The molecule has 0 bridgehead atoms. The van der Waals surface area contributed by atoms with Crippen molar-refractivity contribution in [2.24, 2.45) is 0 Å². The molecule has 1 amide bonds. The highest BCUT2D eigenvalue weighted by Crippen LogP contribution is 2.49. The highest BCUT2D eigenvalue weighted by molar-refractivity contribution is 7.10. The molecule has 0 aliphatic heterocycles. The Labute approximate surface area is 138 Å². The first-order valence-electron chi connectivity index (χ1n) is 7.25. The molecule has 5 heteroatoms. The second-order valence-corrected chi connectivity index (χ2v) is 7.41. The zero-order chi connectivity index (χ0) is 15.8. The number of carbonyl (C=O) groups is 1. The molecule has 3 nitrogen and oxygen atoms in total. The summed E-state index contributed by atoms with van der Waals surface area (Å²) >= 11 is 7.51. The number of amides is 1. The van der Waals surface area contributed by atoms with Crippen LogP contribution in [0.15, 0.2) is 41.8 Å². The van der Waals surface area contributed by atoms with E-state index in [2.05, 4.69) is 5.32 Å². The fraction of sp³-hybridized carbons (Fsp3) is 0.353. The lowest BCUT2D eigenvalue weighted by atomic mass is 9.94. The number of aliphatic hydroxyl groups is 1. The first kappa shape index (κ1) is 15.5. The van der Waals surface area contributed by atoms with Crippen molar-refractivity contribution in [1.82, 2.24) is 5.32 Å². The predicted octanol–water partition coefficient (Wildman–Crippen LogP) is 3.46. The monoisotopic (exact) mass is 335 g/mol. The molecule has 1 fully saturated rings. The standard InChI is InChI=1S/C17H18ClNO2S/c1-16(21,14-6-3-9-22-14)11-19-15(20)17(7-8-17)12-4-2-5-13(18)10-12/h2-6,9-10,21H,7-8,11H2,1H3,(H,19,20). The van der Waals surface area contributed by atoms with Crippen LogP contribution in [-0.2, 0) is 15.8 Å². The molecule has 1 aliphatic carbocycles. The first-order valence-corrected chi connectivity index (χ1v) is 8.51. The molecule has 3 rings (SSSR count). The number of carbonyl (C=O) groups excluding carboxylic acids is 1. The van der Waals surface area contributed by atoms with Gasteiger partial charge in [0.1, 0.15) is 5.60 Å². The minimum Gasteiger partial charge on any atom is -0.383 e. The summed E-state index contributed by atoms with van der Waals surface area (Å²) in [5.41, 5.74) is -0.571. The lowest BCUT2D eigenvalue weighted by molar-refractivity contribution is -0.124. The van der Waals surface area contributed by atoms with Crippen molar-refractivity contribution in [2.45, 2.75) is 30.8 Å². The summed E-state index contributed by atoms with van der Waals surface area (Å²) in [7, 11) is 0. The number of rotatable bonds is 5. The van der Waals surface area contributed by atoms with Crippen LogP contribution < -0.4 is 5.32 Å². The maximum Gasteiger partial charge on any atom is 0.230 e. The first-order chi connectivity index (χ1) is 10.4. The Bertz CT molecular complexity index is 678. The summed E-state index contributed by atoms with van der Waals surface area (Å²) in [6.07, 6.45) is 1.64. The summed E-state index contributed by atoms with van der Waals surface area (Å²) in [5.74, 6) is -0.0356. The lowest BCUT2D eigenvalue weighted by Crippen LogP contribution is -2.42. The van der Waals surface area contributed by atoms with Gasteiger partial charge in [0.25, 0.3) is 0 Å². The van der Waals surface area contributed by atoms with Crippen molar-refractivity contribution >= 4 is 28.8 Å². The van der Waals surface area contributed by atoms with Gasteiger partial charge in [-0.3, -0.25) is 4.79 Å². The van der Waals surface area contributed by atoms with E-state index in [4.69, 9.17) is 11.6 Å². The average molecular weight is 336 g/mol. The van der Waals surface area contributed by atoms with Crippen LogP contribution in [0.2, 0.25) is 5.02 Å². The van der Waals surface area contributed by atoms with Crippen LogP contribution in [0.5, 0.6) is 0 Å². The number of halogens is 1. The maximum atomic E-state index is 12.6. The van der Waals surface area contributed by atoms with E-state index in [1.165, 1.54) is 11.3 Å². The summed E-state index contributed by atoms with van der Waals surface area (Å²) < 4.78 is 0. The van der Waals surface area contributed by atoms with Crippen LogP contribution >= 0.6 is 22.9 Å². The van der Waals surface area contributed by atoms with Gasteiger partial charge in [-0.1, -0.05) is 29.8 Å². The Morgan fingerprint density at radius 2 is 2.18 bits per heavy atom. The van der Waals surface area contributed by atoms with E-state index in [9.17, 15) is 9.90 Å². The van der Waals surface area contributed by atoms with Crippen LogP contribution in [0.4, 0.5) is 0 Å². The highest BCUT2D eigenvalue weighted by Gasteiger charge is 2.51. The molecule has 1 aromatic carbocycles. The minimum atomic E-state index is -1.05. The van der Waals surface area contributed by atoms with E-state index in [-0.39, 0.29) is 12.5 Å². The zero-order valence-corrected chi connectivity index (χ0v) is 13.9. The van der Waals surface area contributed by atoms with Crippen LogP contribution in [0.3, 0.4) is 0 Å². The fourth-order valence-corrected chi connectivity index (χ4v) is 3.63. The Morgan fingerprint density at radius 1 is 1.41 bits per heavy atom. The van der Waals surface area contributed by atoms with Gasteiger partial charge in [0.05, 0.1) is 12.0 Å². The molecule has 1 atom stereocenters. The molecule has 1 aliphatic rings. The van der Waals surface area contributed by atoms with Gasteiger partial charge >= 0.3 is 0 Å². The van der Waals surface area contributed by atoms with Gasteiger partial charge in [-0.15, -0.1) is 11.3 Å². The molecule has 1 aromatic heterocycles. The Kier molecular flexibility index (Phi) is 4.02. The van der Waals surface area contributed by atoms with E-state index in [1.807, 2.05) is 35.7 Å². The van der Waals surface area contributed by atoms with Gasteiger partial charge < -0.3 is 10.4 Å². The van der Waals surface area contributed by atoms with Gasteiger partial charge in [-0.2, -0.15) is 0 Å². The molecule has 116 valence electrons. The SMILES string of the molecule is CC(O)(CNC(=O)C1(c2cccc(Cl)c2)CC1)c1cccs1. The van der Waals surface area contributed by atoms with Crippen LogP contribution in [-0.4, -0.2) is 17.6 Å². The normalized spacial score (nSPS) is 18.5. The quantitative estimate of drug-likeness (QED) is 0.879. The van der Waals surface area contributed by atoms with E-state index in [1.54, 1.807) is 13.0 Å². The fourth-order valence-electron chi connectivity index (χ4n) is 2.65. The maximum absolute atomic E-state index is 12.6. The van der Waals surface area contributed by atoms with Crippen molar-refractivity contribution in [1.29, 1.82) is 0 Å². The average Bonchev–Trinajstić information content (AvgIpc) is 3.11. The van der Waals surface area contributed by atoms with Crippen LogP contribution in [0.25, 0.3) is 0 Å². The van der Waals surface area contributed by atoms with Gasteiger partial charge in [-0.25, -0.2) is 0 Å². The van der Waals surface area contributed by atoms with Crippen molar-refractivity contribution in [3.8, 4) is 0 Å². The Hall–Kier alpha value is -1.36. The van der Waals surface area contributed by atoms with E-state index in [0.29, 0.717) is 5.02 Å². The number of hydrogen-bond donors (Lipinski definition) is 2. The molecule has 22 heavy (non-hydrogen) atoms. The summed E-state index contributed by atoms with van der Waals surface area (Å²) in [5, 5.41) is 16.0. The molecule has 1 heterocycles. The number of thiophene rings is 1. The molecule has 2 N–H and O–H groups in total. The predicted molar refractivity (Wildman–Crippen MR) is 89.3 cm³/mol. The van der Waals surface area contributed by atoms with Crippen molar-refractivity contribution < 1.29 is 9.90 Å². The highest BCUT2D eigenvalue weighted by atomic mass is 35.5. The molecule has 0 spiro atoms. The molecule has 2 aromatic rings. The van der Waals surface area contributed by atoms with Crippen LogP contribution in [0, 0.1) is 0 Å². The van der Waals surface area contributed by atoms with Crippen molar-refractivity contribution in [2.75, 3.05) is 6.54 Å². The number of hydrogen-bond acceptors (Lipinski definition) is 3. The second-order valence-electron chi connectivity index (χ2n) is 6.03. The van der Waals surface area contributed by atoms with Gasteiger partial charge in [0, 0.05) is 9.90 Å². The summed E-state index contributed by atoms with van der Waals surface area (Å²) in [6, 6.07) is 11.2. The molecular formula is C17H18ClNO2S. The third-order valence-electron chi connectivity index (χ3n) is 4.21. The summed E-state index contributed by atoms with van der Waals surface area (Å²) in [6.45, 7) is 1.92. The van der Waals surface area contributed by atoms with Crippen LogP contribution in [0.1, 0.15) is 30.2 Å². The Morgan fingerprint density at radius 3 is 2.77 bits per heavy atom. The minimum absolute atomic E-state index is 0.0356. The lowest BCUT2D eigenvalue weighted by Gasteiger charge is -2.24.